The van der Waals surface area contributed by atoms with E-state index in [-0.39, 0.29) is 11.5 Å². The number of aliphatic hydroxyl groups excluding tert-OH is 1. The Morgan fingerprint density at radius 1 is 1.33 bits per heavy atom. The second-order valence-electron chi connectivity index (χ2n) is 4.03. The molecule has 0 aromatic heterocycles. The number of benzene rings is 1. The lowest BCUT2D eigenvalue weighted by molar-refractivity contribution is 0.281. The van der Waals surface area contributed by atoms with Crippen LogP contribution in [0.15, 0.2) is 35.2 Å². The molecular formula is C12H14ClNO3S. The fraction of sp³-hybridized carbons (Fsp3) is 0.333. The number of hydrogen-bond acceptors (Lipinski definition) is 3. The van der Waals surface area contributed by atoms with Crippen molar-refractivity contribution in [1.29, 1.82) is 0 Å². The number of rotatable bonds is 3. The molecule has 0 spiro atoms. The Morgan fingerprint density at radius 3 is 2.72 bits per heavy atom. The maximum absolute atomic E-state index is 12.3. The molecule has 98 valence electrons. The van der Waals surface area contributed by atoms with Crippen LogP contribution in [0.1, 0.15) is 12.0 Å². The standard InChI is InChI=1S/C12H14ClNO3S/c13-12-5-4-11(8-10(12)9-15)18(16,17)14-6-2-1-3-7-14/h1-2,4-5,8,15H,3,6-7,9H2. The summed E-state index contributed by atoms with van der Waals surface area (Å²) in [6.45, 7) is 0.595. The van der Waals surface area contributed by atoms with Gasteiger partial charge in [-0.3, -0.25) is 0 Å². The minimum atomic E-state index is -3.50. The third-order valence-corrected chi connectivity index (χ3v) is 5.08. The zero-order valence-electron chi connectivity index (χ0n) is 9.71. The molecule has 1 aliphatic heterocycles. The number of sulfonamides is 1. The Bertz CT molecular complexity index is 569. The third-order valence-electron chi connectivity index (χ3n) is 2.85. The Hall–Kier alpha value is -0.880. The van der Waals surface area contributed by atoms with Gasteiger partial charge in [-0.1, -0.05) is 23.8 Å². The van der Waals surface area contributed by atoms with E-state index < -0.39 is 10.0 Å². The Morgan fingerprint density at radius 2 is 2.11 bits per heavy atom. The molecule has 1 aromatic carbocycles. The summed E-state index contributed by atoms with van der Waals surface area (Å²) in [4.78, 5) is 0.172. The highest BCUT2D eigenvalue weighted by Crippen LogP contribution is 2.23. The molecule has 0 atom stereocenters. The van der Waals surface area contributed by atoms with E-state index in [4.69, 9.17) is 16.7 Å². The molecule has 6 heteroatoms. The van der Waals surface area contributed by atoms with Gasteiger partial charge in [-0.15, -0.1) is 0 Å². The lowest BCUT2D eigenvalue weighted by Crippen LogP contribution is -2.33. The highest BCUT2D eigenvalue weighted by Gasteiger charge is 2.24. The first kappa shape index (κ1) is 13.5. The lowest BCUT2D eigenvalue weighted by atomic mass is 10.2. The molecule has 18 heavy (non-hydrogen) atoms. The summed E-state index contributed by atoms with van der Waals surface area (Å²) in [5.41, 5.74) is 0.422. The number of hydrogen-bond donors (Lipinski definition) is 1. The van der Waals surface area contributed by atoms with Crippen molar-refractivity contribution < 1.29 is 13.5 Å². The van der Waals surface area contributed by atoms with Crippen molar-refractivity contribution in [2.24, 2.45) is 0 Å². The van der Waals surface area contributed by atoms with Gasteiger partial charge in [-0.25, -0.2) is 8.42 Å². The SMILES string of the molecule is O=S(=O)(c1ccc(Cl)c(CO)c1)N1CC=CCC1. The van der Waals surface area contributed by atoms with E-state index in [1.54, 1.807) is 0 Å². The number of halogens is 1. The molecule has 1 N–H and O–H groups in total. The van der Waals surface area contributed by atoms with E-state index >= 15 is 0 Å². The summed E-state index contributed by atoms with van der Waals surface area (Å²) in [5.74, 6) is 0. The molecule has 0 unspecified atom stereocenters. The molecule has 0 saturated carbocycles. The van der Waals surface area contributed by atoms with Gasteiger partial charge in [0.15, 0.2) is 0 Å². The normalized spacial score (nSPS) is 17.0. The minimum absolute atomic E-state index is 0.172. The predicted molar refractivity (Wildman–Crippen MR) is 69.9 cm³/mol. The molecular weight excluding hydrogens is 274 g/mol. The van der Waals surface area contributed by atoms with E-state index in [0.717, 1.165) is 6.42 Å². The maximum Gasteiger partial charge on any atom is 0.243 e. The fourth-order valence-corrected chi connectivity index (χ4v) is 3.45. The first-order valence-electron chi connectivity index (χ1n) is 5.60. The maximum atomic E-state index is 12.3. The van der Waals surface area contributed by atoms with E-state index in [1.165, 1.54) is 22.5 Å². The van der Waals surface area contributed by atoms with E-state index in [9.17, 15) is 8.42 Å². The molecule has 0 amide bonds. The Labute approximate surface area is 112 Å². The van der Waals surface area contributed by atoms with Crippen molar-refractivity contribution in [1.82, 2.24) is 4.31 Å². The van der Waals surface area contributed by atoms with Crippen LogP contribution in [0.5, 0.6) is 0 Å². The van der Waals surface area contributed by atoms with Gasteiger partial charge in [-0.05, 0) is 30.2 Å². The van der Waals surface area contributed by atoms with E-state index in [2.05, 4.69) is 0 Å². The molecule has 0 aliphatic carbocycles. The smallest absolute Gasteiger partial charge is 0.243 e. The second-order valence-corrected chi connectivity index (χ2v) is 6.38. The van der Waals surface area contributed by atoms with Crippen LogP contribution < -0.4 is 0 Å². The fourth-order valence-electron chi connectivity index (χ4n) is 1.82. The summed E-state index contributed by atoms with van der Waals surface area (Å²) < 4.78 is 26.1. The monoisotopic (exact) mass is 287 g/mol. The van der Waals surface area contributed by atoms with Crippen LogP contribution in [-0.4, -0.2) is 30.9 Å². The van der Waals surface area contributed by atoms with E-state index in [1.807, 2.05) is 12.2 Å². The van der Waals surface area contributed by atoms with Gasteiger partial charge in [-0.2, -0.15) is 4.31 Å². The largest absolute Gasteiger partial charge is 0.392 e. The van der Waals surface area contributed by atoms with Gasteiger partial charge >= 0.3 is 0 Å². The third kappa shape index (κ3) is 2.59. The first-order valence-corrected chi connectivity index (χ1v) is 7.42. The first-order chi connectivity index (χ1) is 8.55. The van der Waals surface area contributed by atoms with Gasteiger partial charge in [0.1, 0.15) is 0 Å². The summed E-state index contributed by atoms with van der Waals surface area (Å²) >= 11 is 5.85. The molecule has 1 aromatic rings. The predicted octanol–water partition coefficient (Wildman–Crippen LogP) is 1.78. The van der Waals surface area contributed by atoms with Crippen LogP contribution in [-0.2, 0) is 16.6 Å². The molecule has 4 nitrogen and oxygen atoms in total. The summed E-state index contributed by atoms with van der Waals surface area (Å²) in [5, 5.41) is 9.49. The van der Waals surface area contributed by atoms with Crippen molar-refractivity contribution in [3.8, 4) is 0 Å². The molecule has 0 fully saturated rings. The quantitative estimate of drug-likeness (QED) is 0.862. The van der Waals surface area contributed by atoms with E-state index in [0.29, 0.717) is 23.7 Å². The summed E-state index contributed by atoms with van der Waals surface area (Å²) in [6, 6.07) is 4.39. The van der Waals surface area contributed by atoms with Crippen molar-refractivity contribution >= 4 is 21.6 Å². The van der Waals surface area contributed by atoms with Crippen LogP contribution in [0.4, 0.5) is 0 Å². The minimum Gasteiger partial charge on any atom is -0.392 e. The van der Waals surface area contributed by atoms with Crippen molar-refractivity contribution in [2.75, 3.05) is 13.1 Å². The van der Waals surface area contributed by atoms with Gasteiger partial charge in [0, 0.05) is 18.1 Å². The molecule has 0 saturated heterocycles. The number of aliphatic hydroxyl groups is 1. The Balaban J connectivity index is 2.38. The van der Waals surface area contributed by atoms with Crippen molar-refractivity contribution in [3.63, 3.8) is 0 Å². The van der Waals surface area contributed by atoms with Crippen LogP contribution >= 0.6 is 11.6 Å². The van der Waals surface area contributed by atoms with Crippen LogP contribution in [0, 0.1) is 0 Å². The summed E-state index contributed by atoms with van der Waals surface area (Å²) in [6.07, 6.45) is 4.52. The molecule has 0 bridgehead atoms. The topological polar surface area (TPSA) is 57.6 Å². The van der Waals surface area contributed by atoms with Crippen molar-refractivity contribution in [3.05, 3.63) is 40.9 Å². The highest BCUT2D eigenvalue weighted by molar-refractivity contribution is 7.89. The summed E-state index contributed by atoms with van der Waals surface area (Å²) in [7, 11) is -3.50. The van der Waals surface area contributed by atoms with Gasteiger partial charge < -0.3 is 5.11 Å². The average molecular weight is 288 g/mol. The van der Waals surface area contributed by atoms with Gasteiger partial charge in [0.25, 0.3) is 0 Å². The zero-order valence-corrected chi connectivity index (χ0v) is 11.3. The van der Waals surface area contributed by atoms with Gasteiger partial charge in [0.2, 0.25) is 10.0 Å². The lowest BCUT2D eigenvalue weighted by Gasteiger charge is -2.23. The van der Waals surface area contributed by atoms with Crippen molar-refractivity contribution in [2.45, 2.75) is 17.9 Å². The average Bonchev–Trinajstić information content (AvgIpc) is 2.40. The van der Waals surface area contributed by atoms with Crippen LogP contribution in [0.25, 0.3) is 0 Å². The van der Waals surface area contributed by atoms with Gasteiger partial charge in [0.05, 0.1) is 11.5 Å². The Kier molecular flexibility index (Phi) is 4.07. The molecule has 0 radical (unpaired) electrons. The number of nitrogens with zero attached hydrogens (tertiary/aromatic N) is 1. The second kappa shape index (κ2) is 5.40. The molecule has 1 aliphatic rings. The molecule has 1 heterocycles. The van der Waals surface area contributed by atoms with Crippen LogP contribution in [0.2, 0.25) is 5.02 Å². The zero-order chi connectivity index (χ0) is 13.2. The van der Waals surface area contributed by atoms with Crippen LogP contribution in [0.3, 0.4) is 0 Å². The molecule has 2 rings (SSSR count). The highest BCUT2D eigenvalue weighted by atomic mass is 35.5.